The van der Waals surface area contributed by atoms with E-state index in [2.05, 4.69) is 63.2 Å². The molecule has 1 aliphatic heterocycles. The van der Waals surface area contributed by atoms with Gasteiger partial charge in [0.15, 0.2) is 0 Å². The first-order valence-corrected chi connectivity index (χ1v) is 6.46. The van der Waals surface area contributed by atoms with E-state index < -0.39 is 0 Å². The molecule has 1 unspecified atom stereocenters. The maximum absolute atomic E-state index is 3.41. The minimum absolute atomic E-state index is 0.242. The van der Waals surface area contributed by atoms with Crippen LogP contribution in [0.15, 0.2) is 18.2 Å². The fourth-order valence-electron chi connectivity index (χ4n) is 2.87. The number of anilines is 1. The van der Waals surface area contributed by atoms with Crippen LogP contribution in [0.25, 0.3) is 0 Å². The highest BCUT2D eigenvalue weighted by molar-refractivity contribution is 5.58. The van der Waals surface area contributed by atoms with Crippen LogP contribution in [0.1, 0.15) is 31.4 Å². The highest BCUT2D eigenvalue weighted by atomic mass is 15.2. The molecule has 0 bridgehead atoms. The van der Waals surface area contributed by atoms with E-state index in [1.807, 2.05) is 0 Å². The molecule has 0 radical (unpaired) electrons. The lowest BCUT2D eigenvalue weighted by Crippen LogP contribution is -2.38. The molecule has 0 spiro atoms. The van der Waals surface area contributed by atoms with Gasteiger partial charge in [0.1, 0.15) is 0 Å². The van der Waals surface area contributed by atoms with Gasteiger partial charge in [-0.1, -0.05) is 12.1 Å². The summed E-state index contributed by atoms with van der Waals surface area (Å²) in [6.45, 7) is 10.2. The number of hydrogen-bond acceptors (Lipinski definition) is 2. The summed E-state index contributed by atoms with van der Waals surface area (Å²) in [7, 11) is 2.06. The molecule has 2 heteroatoms. The van der Waals surface area contributed by atoms with Gasteiger partial charge >= 0.3 is 0 Å². The first-order chi connectivity index (χ1) is 7.94. The van der Waals surface area contributed by atoms with Crippen LogP contribution >= 0.6 is 0 Å². The van der Waals surface area contributed by atoms with Gasteiger partial charge in [0, 0.05) is 23.8 Å². The molecule has 1 N–H and O–H groups in total. The summed E-state index contributed by atoms with van der Waals surface area (Å²) < 4.78 is 0. The zero-order chi connectivity index (χ0) is 12.6. The minimum atomic E-state index is 0.242. The molecule has 94 valence electrons. The highest BCUT2D eigenvalue weighted by Gasteiger charge is 2.38. The first-order valence-electron chi connectivity index (χ1n) is 6.46. The lowest BCUT2D eigenvalue weighted by molar-refractivity contribution is 0.487. The van der Waals surface area contributed by atoms with Crippen LogP contribution < -0.4 is 10.2 Å². The maximum atomic E-state index is 3.41. The van der Waals surface area contributed by atoms with Gasteiger partial charge < -0.3 is 10.2 Å². The molecule has 0 saturated carbocycles. The molecule has 1 saturated heterocycles. The third-order valence-electron chi connectivity index (χ3n) is 3.94. The van der Waals surface area contributed by atoms with Crippen molar-refractivity contribution in [3.63, 3.8) is 0 Å². The second kappa shape index (κ2) is 4.34. The SMILES string of the molecule is CNC1CN(c2cc(C)ccc2C)C(C)(C)C1. The Balaban J connectivity index is 2.36. The Morgan fingerprint density at radius 3 is 2.59 bits per heavy atom. The van der Waals surface area contributed by atoms with Crippen molar-refractivity contribution in [2.45, 2.75) is 45.7 Å². The molecule has 17 heavy (non-hydrogen) atoms. The zero-order valence-electron chi connectivity index (χ0n) is 11.7. The van der Waals surface area contributed by atoms with Gasteiger partial charge in [-0.05, 0) is 58.4 Å². The van der Waals surface area contributed by atoms with Gasteiger partial charge in [0.05, 0.1) is 0 Å². The van der Waals surface area contributed by atoms with Gasteiger partial charge in [-0.25, -0.2) is 0 Å². The van der Waals surface area contributed by atoms with Crippen molar-refractivity contribution in [1.29, 1.82) is 0 Å². The van der Waals surface area contributed by atoms with E-state index in [0.29, 0.717) is 6.04 Å². The monoisotopic (exact) mass is 232 g/mol. The normalized spacial score (nSPS) is 23.1. The number of rotatable bonds is 2. The number of hydrogen-bond donors (Lipinski definition) is 1. The summed E-state index contributed by atoms with van der Waals surface area (Å²) in [4.78, 5) is 2.55. The predicted molar refractivity (Wildman–Crippen MR) is 74.8 cm³/mol. The summed E-state index contributed by atoms with van der Waals surface area (Å²) in [6, 6.07) is 7.34. The average molecular weight is 232 g/mol. The molecule has 1 aliphatic rings. The third kappa shape index (κ3) is 2.32. The van der Waals surface area contributed by atoms with Crippen LogP contribution in [0.2, 0.25) is 0 Å². The molecule has 1 fully saturated rings. The summed E-state index contributed by atoms with van der Waals surface area (Å²) in [5, 5.41) is 3.41. The van der Waals surface area contributed by atoms with Gasteiger partial charge in [-0.15, -0.1) is 0 Å². The van der Waals surface area contributed by atoms with Crippen LogP contribution in [0.5, 0.6) is 0 Å². The van der Waals surface area contributed by atoms with E-state index >= 15 is 0 Å². The first kappa shape index (κ1) is 12.4. The smallest absolute Gasteiger partial charge is 0.0403 e. The van der Waals surface area contributed by atoms with E-state index in [-0.39, 0.29) is 5.54 Å². The summed E-state index contributed by atoms with van der Waals surface area (Å²) in [6.07, 6.45) is 1.21. The second-order valence-electron chi connectivity index (χ2n) is 5.90. The van der Waals surface area contributed by atoms with Gasteiger partial charge in [-0.3, -0.25) is 0 Å². The van der Waals surface area contributed by atoms with Crippen LogP contribution in [0.4, 0.5) is 5.69 Å². The Kier molecular flexibility index (Phi) is 3.17. The number of aryl methyl sites for hydroxylation is 2. The van der Waals surface area contributed by atoms with E-state index in [1.165, 1.54) is 23.2 Å². The number of nitrogens with one attached hydrogen (secondary N) is 1. The molecule has 1 aromatic carbocycles. The molecule has 1 aromatic rings. The Labute approximate surface area is 105 Å². The van der Waals surface area contributed by atoms with E-state index in [0.717, 1.165) is 6.54 Å². The predicted octanol–water partition coefficient (Wildman–Crippen LogP) is 2.88. The lowest BCUT2D eigenvalue weighted by atomic mass is 9.99. The third-order valence-corrected chi connectivity index (χ3v) is 3.94. The van der Waals surface area contributed by atoms with E-state index in [1.54, 1.807) is 0 Å². The maximum Gasteiger partial charge on any atom is 0.0403 e. The average Bonchev–Trinajstić information content (AvgIpc) is 2.57. The standard InChI is InChI=1S/C15H24N2/c1-11-6-7-12(2)14(8-11)17-10-13(16-5)9-15(17,3)4/h6-8,13,16H,9-10H2,1-5H3. The number of likely N-dealkylation sites (N-methyl/N-ethyl adjacent to an activating group) is 1. The number of nitrogens with zero attached hydrogens (tertiary/aromatic N) is 1. The van der Waals surface area contributed by atoms with Crippen molar-refractivity contribution < 1.29 is 0 Å². The van der Waals surface area contributed by atoms with Crippen molar-refractivity contribution in [3.8, 4) is 0 Å². The molecular weight excluding hydrogens is 208 g/mol. The van der Waals surface area contributed by atoms with Gasteiger partial charge in [-0.2, -0.15) is 0 Å². The van der Waals surface area contributed by atoms with Crippen LogP contribution in [-0.2, 0) is 0 Å². The topological polar surface area (TPSA) is 15.3 Å². The minimum Gasteiger partial charge on any atom is -0.365 e. The largest absolute Gasteiger partial charge is 0.365 e. The summed E-state index contributed by atoms with van der Waals surface area (Å²) >= 11 is 0. The van der Waals surface area contributed by atoms with Crippen molar-refractivity contribution in [2.75, 3.05) is 18.5 Å². The molecule has 2 rings (SSSR count). The Morgan fingerprint density at radius 2 is 2.00 bits per heavy atom. The van der Waals surface area contributed by atoms with Crippen LogP contribution in [-0.4, -0.2) is 25.2 Å². The van der Waals surface area contributed by atoms with E-state index in [9.17, 15) is 0 Å². The summed E-state index contributed by atoms with van der Waals surface area (Å²) in [5.41, 5.74) is 4.36. The van der Waals surface area contributed by atoms with Crippen LogP contribution in [0.3, 0.4) is 0 Å². The van der Waals surface area contributed by atoms with Crippen molar-refractivity contribution in [3.05, 3.63) is 29.3 Å². The quantitative estimate of drug-likeness (QED) is 0.843. The molecule has 0 amide bonds. The number of benzene rings is 1. The molecule has 2 nitrogen and oxygen atoms in total. The summed E-state index contributed by atoms with van der Waals surface area (Å²) in [5.74, 6) is 0. The Hall–Kier alpha value is -1.02. The highest BCUT2D eigenvalue weighted by Crippen LogP contribution is 2.35. The molecule has 1 heterocycles. The Bertz CT molecular complexity index is 409. The fraction of sp³-hybridized carbons (Fsp3) is 0.600. The molecule has 1 atom stereocenters. The van der Waals surface area contributed by atoms with Gasteiger partial charge in [0.25, 0.3) is 0 Å². The zero-order valence-corrected chi connectivity index (χ0v) is 11.7. The van der Waals surface area contributed by atoms with Crippen molar-refractivity contribution in [1.82, 2.24) is 5.32 Å². The fourth-order valence-corrected chi connectivity index (χ4v) is 2.87. The van der Waals surface area contributed by atoms with E-state index in [4.69, 9.17) is 0 Å². The molecular formula is C15H24N2. The van der Waals surface area contributed by atoms with Crippen molar-refractivity contribution >= 4 is 5.69 Å². The Morgan fingerprint density at radius 1 is 1.29 bits per heavy atom. The molecule has 0 aromatic heterocycles. The van der Waals surface area contributed by atoms with Crippen LogP contribution in [0, 0.1) is 13.8 Å². The van der Waals surface area contributed by atoms with Gasteiger partial charge in [0.2, 0.25) is 0 Å². The van der Waals surface area contributed by atoms with Crippen molar-refractivity contribution in [2.24, 2.45) is 0 Å². The molecule has 0 aliphatic carbocycles. The lowest BCUT2D eigenvalue weighted by Gasteiger charge is -2.34. The second-order valence-corrected chi connectivity index (χ2v) is 5.90.